The third-order valence-corrected chi connectivity index (χ3v) is 3.95. The van der Waals surface area contributed by atoms with E-state index < -0.39 is 11.6 Å². The minimum absolute atomic E-state index is 0.0392. The molecular formula is C21H22F2N2. The molecule has 3 aromatic rings. The molecule has 0 saturated heterocycles. The van der Waals surface area contributed by atoms with Crippen molar-refractivity contribution in [3.05, 3.63) is 77.8 Å². The summed E-state index contributed by atoms with van der Waals surface area (Å²) in [6, 6.07) is 13.5. The number of rotatable bonds is 4. The summed E-state index contributed by atoms with van der Waals surface area (Å²) in [5.41, 5.74) is 1.84. The van der Waals surface area contributed by atoms with Gasteiger partial charge in [0.15, 0.2) is 0 Å². The Labute approximate surface area is 147 Å². The second-order valence-corrected chi connectivity index (χ2v) is 7.52. The molecule has 0 spiro atoms. The summed E-state index contributed by atoms with van der Waals surface area (Å²) in [7, 11) is 0. The first-order valence-corrected chi connectivity index (χ1v) is 8.37. The van der Waals surface area contributed by atoms with E-state index in [2.05, 4.69) is 25.8 Å². The molecular weight excluding hydrogens is 318 g/mol. The summed E-state index contributed by atoms with van der Waals surface area (Å²) in [6.45, 7) is 7.06. The van der Waals surface area contributed by atoms with E-state index in [-0.39, 0.29) is 11.0 Å². The van der Waals surface area contributed by atoms with Gasteiger partial charge in [0.1, 0.15) is 17.5 Å². The molecule has 3 rings (SSSR count). The van der Waals surface area contributed by atoms with E-state index in [1.807, 2.05) is 41.1 Å². The van der Waals surface area contributed by atoms with Gasteiger partial charge in [0.2, 0.25) is 0 Å². The Hall–Kier alpha value is -2.49. The number of imidazole rings is 1. The molecule has 0 N–H and O–H groups in total. The Balaban J connectivity index is 2.03. The third-order valence-electron chi connectivity index (χ3n) is 3.95. The zero-order valence-corrected chi connectivity index (χ0v) is 14.8. The van der Waals surface area contributed by atoms with Gasteiger partial charge in [-0.3, -0.25) is 0 Å². The maximum Gasteiger partial charge on any atom is 0.132 e. The molecule has 2 aromatic carbocycles. The summed E-state index contributed by atoms with van der Waals surface area (Å²) in [4.78, 5) is 4.62. The first-order chi connectivity index (χ1) is 11.8. The number of hydrogen-bond acceptors (Lipinski definition) is 1. The zero-order chi connectivity index (χ0) is 18.0. The Morgan fingerprint density at radius 3 is 2.40 bits per heavy atom. The summed E-state index contributed by atoms with van der Waals surface area (Å²) < 4.78 is 29.7. The van der Waals surface area contributed by atoms with Crippen molar-refractivity contribution in [3.8, 4) is 11.3 Å². The lowest BCUT2D eigenvalue weighted by Gasteiger charge is -2.18. The summed E-state index contributed by atoms with van der Waals surface area (Å²) in [6.07, 6.45) is 2.56. The molecule has 2 nitrogen and oxygen atoms in total. The molecule has 0 amide bonds. The van der Waals surface area contributed by atoms with Crippen molar-refractivity contribution in [2.24, 2.45) is 5.41 Å². The maximum atomic E-state index is 14.1. The Bertz CT molecular complexity index is 861. The molecule has 0 atom stereocenters. The van der Waals surface area contributed by atoms with Crippen LogP contribution in [0.1, 0.15) is 32.2 Å². The first kappa shape index (κ1) is 17.3. The smallest absolute Gasteiger partial charge is 0.132 e. The van der Waals surface area contributed by atoms with Crippen LogP contribution in [0, 0.1) is 17.0 Å². The highest BCUT2D eigenvalue weighted by atomic mass is 19.1. The SMILES string of the molecule is CC(C)(C)Cc1nc(-c2cc(F)ccc2F)cn1Cc1ccccc1. The third kappa shape index (κ3) is 4.32. The topological polar surface area (TPSA) is 17.8 Å². The fourth-order valence-electron chi connectivity index (χ4n) is 2.81. The van der Waals surface area contributed by atoms with Gasteiger partial charge in [0, 0.05) is 24.7 Å². The largest absolute Gasteiger partial charge is 0.330 e. The normalized spacial score (nSPS) is 11.7. The zero-order valence-electron chi connectivity index (χ0n) is 14.8. The van der Waals surface area contributed by atoms with E-state index >= 15 is 0 Å². The molecule has 0 aliphatic heterocycles. The number of benzene rings is 2. The van der Waals surface area contributed by atoms with Crippen LogP contribution in [-0.4, -0.2) is 9.55 Å². The first-order valence-electron chi connectivity index (χ1n) is 8.37. The van der Waals surface area contributed by atoms with Gasteiger partial charge >= 0.3 is 0 Å². The van der Waals surface area contributed by atoms with Crippen LogP contribution in [0.3, 0.4) is 0 Å². The van der Waals surface area contributed by atoms with Crippen LogP contribution in [0.2, 0.25) is 0 Å². The van der Waals surface area contributed by atoms with Gasteiger partial charge in [0.05, 0.1) is 5.69 Å². The van der Waals surface area contributed by atoms with Crippen LogP contribution in [0.4, 0.5) is 8.78 Å². The van der Waals surface area contributed by atoms with Gasteiger partial charge in [-0.2, -0.15) is 0 Å². The lowest BCUT2D eigenvalue weighted by Crippen LogP contribution is -2.14. The van der Waals surface area contributed by atoms with Gasteiger partial charge in [-0.05, 0) is 29.2 Å². The van der Waals surface area contributed by atoms with E-state index in [0.717, 1.165) is 29.9 Å². The van der Waals surface area contributed by atoms with Crippen LogP contribution in [-0.2, 0) is 13.0 Å². The number of hydrogen-bond donors (Lipinski definition) is 0. The standard InChI is InChI=1S/C21H22F2N2/c1-21(2,3)12-20-24-19(17-11-16(22)9-10-18(17)23)14-25(20)13-15-7-5-4-6-8-15/h4-11,14H,12-13H2,1-3H3. The van der Waals surface area contributed by atoms with E-state index in [4.69, 9.17) is 0 Å². The van der Waals surface area contributed by atoms with Gasteiger partial charge in [-0.1, -0.05) is 51.1 Å². The minimum Gasteiger partial charge on any atom is -0.330 e. The van der Waals surface area contributed by atoms with E-state index in [1.165, 1.54) is 6.07 Å². The van der Waals surface area contributed by atoms with Gasteiger partial charge in [-0.15, -0.1) is 0 Å². The Kier molecular flexibility index (Phi) is 4.71. The molecule has 0 radical (unpaired) electrons. The highest BCUT2D eigenvalue weighted by molar-refractivity contribution is 5.59. The fraction of sp³-hybridized carbons (Fsp3) is 0.286. The number of halogens is 2. The Morgan fingerprint density at radius 2 is 1.72 bits per heavy atom. The van der Waals surface area contributed by atoms with Crippen molar-refractivity contribution in [1.82, 2.24) is 9.55 Å². The fourth-order valence-corrected chi connectivity index (χ4v) is 2.81. The molecule has 1 heterocycles. The van der Waals surface area contributed by atoms with Crippen LogP contribution >= 0.6 is 0 Å². The predicted octanol–water partition coefficient (Wildman–Crippen LogP) is 5.47. The van der Waals surface area contributed by atoms with E-state index in [1.54, 1.807) is 0 Å². The monoisotopic (exact) mass is 340 g/mol. The van der Waals surface area contributed by atoms with Crippen molar-refractivity contribution >= 4 is 0 Å². The van der Waals surface area contributed by atoms with Gasteiger partial charge in [-0.25, -0.2) is 13.8 Å². The second-order valence-electron chi connectivity index (χ2n) is 7.52. The lowest BCUT2D eigenvalue weighted by atomic mass is 9.92. The highest BCUT2D eigenvalue weighted by Crippen LogP contribution is 2.27. The van der Waals surface area contributed by atoms with Crippen molar-refractivity contribution in [2.45, 2.75) is 33.7 Å². The molecule has 0 aliphatic carbocycles. The maximum absolute atomic E-state index is 14.1. The van der Waals surface area contributed by atoms with E-state index in [0.29, 0.717) is 12.2 Å². The van der Waals surface area contributed by atoms with Crippen LogP contribution in [0.15, 0.2) is 54.7 Å². The van der Waals surface area contributed by atoms with Crippen LogP contribution in [0.25, 0.3) is 11.3 Å². The average molecular weight is 340 g/mol. The molecule has 0 fully saturated rings. The molecule has 0 aliphatic rings. The molecule has 1 aromatic heterocycles. The Morgan fingerprint density at radius 1 is 1.00 bits per heavy atom. The number of nitrogens with zero attached hydrogens (tertiary/aromatic N) is 2. The van der Waals surface area contributed by atoms with Crippen molar-refractivity contribution in [2.75, 3.05) is 0 Å². The second kappa shape index (κ2) is 6.79. The highest BCUT2D eigenvalue weighted by Gasteiger charge is 2.19. The molecule has 130 valence electrons. The molecule has 0 bridgehead atoms. The summed E-state index contributed by atoms with van der Waals surface area (Å²) in [5, 5.41) is 0. The molecule has 0 unspecified atom stereocenters. The minimum atomic E-state index is -0.466. The van der Waals surface area contributed by atoms with Gasteiger partial charge in [0.25, 0.3) is 0 Å². The van der Waals surface area contributed by atoms with Crippen molar-refractivity contribution in [1.29, 1.82) is 0 Å². The molecule has 25 heavy (non-hydrogen) atoms. The van der Waals surface area contributed by atoms with E-state index in [9.17, 15) is 8.78 Å². The van der Waals surface area contributed by atoms with Crippen LogP contribution < -0.4 is 0 Å². The van der Waals surface area contributed by atoms with Crippen molar-refractivity contribution in [3.63, 3.8) is 0 Å². The average Bonchev–Trinajstić information content (AvgIpc) is 2.91. The van der Waals surface area contributed by atoms with Crippen LogP contribution in [0.5, 0.6) is 0 Å². The quantitative estimate of drug-likeness (QED) is 0.616. The summed E-state index contributed by atoms with van der Waals surface area (Å²) >= 11 is 0. The molecule has 0 saturated carbocycles. The van der Waals surface area contributed by atoms with Gasteiger partial charge < -0.3 is 4.57 Å². The molecule has 4 heteroatoms. The predicted molar refractivity (Wildman–Crippen MR) is 96.3 cm³/mol. The number of aromatic nitrogens is 2. The lowest BCUT2D eigenvalue weighted by molar-refractivity contribution is 0.393. The van der Waals surface area contributed by atoms with Crippen molar-refractivity contribution < 1.29 is 8.78 Å². The summed E-state index contributed by atoms with van der Waals surface area (Å²) in [5.74, 6) is -0.0607.